The molecule has 0 N–H and O–H groups in total. The molecule has 2 fully saturated rings. The third-order valence-electron chi connectivity index (χ3n) is 2.91. The molecule has 1 nitrogen and oxygen atoms in total. The van der Waals surface area contributed by atoms with Crippen LogP contribution in [0.4, 0.5) is 0 Å². The van der Waals surface area contributed by atoms with Gasteiger partial charge >= 0.3 is 0 Å². The molecule has 2 aliphatic rings. The minimum absolute atomic E-state index is 1.11. The van der Waals surface area contributed by atoms with Gasteiger partial charge in [0, 0.05) is 18.4 Å². The van der Waals surface area contributed by atoms with Crippen LogP contribution < -0.4 is 0 Å². The van der Waals surface area contributed by atoms with Gasteiger partial charge in [0.25, 0.3) is 0 Å². The highest BCUT2D eigenvalue weighted by molar-refractivity contribution is 9.09. The zero-order chi connectivity index (χ0) is 7.68. The molecule has 1 saturated heterocycles. The van der Waals surface area contributed by atoms with Crippen molar-refractivity contribution in [3.63, 3.8) is 0 Å². The lowest BCUT2D eigenvalue weighted by Gasteiger charge is -2.16. The fraction of sp³-hybridized carbons (Fsp3) is 1.00. The second-order valence-corrected chi connectivity index (χ2v) is 4.70. The molecule has 64 valence electrons. The van der Waals surface area contributed by atoms with Gasteiger partial charge in [-0.05, 0) is 37.6 Å². The summed E-state index contributed by atoms with van der Waals surface area (Å²) in [5.74, 6) is 2.22. The van der Waals surface area contributed by atoms with E-state index < -0.39 is 0 Å². The number of halogens is 1. The van der Waals surface area contributed by atoms with Gasteiger partial charge in [0.2, 0.25) is 0 Å². The highest BCUT2D eigenvalue weighted by Crippen LogP contribution is 2.44. The number of unbranched alkanes of at least 4 members (excludes halogenated alkanes) is 1. The molecule has 2 heteroatoms. The summed E-state index contributed by atoms with van der Waals surface area (Å²) in [6, 6.07) is 0. The Labute approximate surface area is 77.3 Å². The summed E-state index contributed by atoms with van der Waals surface area (Å²) in [5, 5.41) is 1.17. The molecule has 0 aromatic rings. The molecular formula is C9H16BrN. The molecular weight excluding hydrogens is 202 g/mol. The predicted octanol–water partition coefficient (Wildman–Crippen LogP) is 2.11. The molecule has 0 aromatic carbocycles. The predicted molar refractivity (Wildman–Crippen MR) is 51.1 cm³/mol. The van der Waals surface area contributed by atoms with Gasteiger partial charge in [0.15, 0.2) is 0 Å². The number of nitrogens with zero attached hydrogens (tertiary/aromatic N) is 1. The standard InChI is InChI=1S/C9H16BrN/c10-3-1-2-4-11-6-8-5-9(8)7-11/h8-9H,1-7H2. The van der Waals surface area contributed by atoms with Crippen molar-refractivity contribution in [3.05, 3.63) is 0 Å². The quantitative estimate of drug-likeness (QED) is 0.516. The molecule has 0 spiro atoms. The van der Waals surface area contributed by atoms with Crippen LogP contribution in [0.3, 0.4) is 0 Å². The van der Waals surface area contributed by atoms with E-state index in [2.05, 4.69) is 20.8 Å². The number of rotatable bonds is 4. The first-order chi connectivity index (χ1) is 5.40. The molecule has 0 bridgehead atoms. The molecule has 0 radical (unpaired) electrons. The van der Waals surface area contributed by atoms with Crippen molar-refractivity contribution < 1.29 is 0 Å². The fourth-order valence-electron chi connectivity index (χ4n) is 2.11. The van der Waals surface area contributed by atoms with Crippen molar-refractivity contribution in [2.45, 2.75) is 19.3 Å². The summed E-state index contributed by atoms with van der Waals surface area (Å²) >= 11 is 3.46. The van der Waals surface area contributed by atoms with Crippen molar-refractivity contribution in [2.75, 3.05) is 25.0 Å². The second kappa shape index (κ2) is 3.44. The average Bonchev–Trinajstić information content (AvgIpc) is 2.61. The van der Waals surface area contributed by atoms with E-state index >= 15 is 0 Å². The Morgan fingerprint density at radius 1 is 1.18 bits per heavy atom. The van der Waals surface area contributed by atoms with E-state index in [1.807, 2.05) is 0 Å². The lowest BCUT2D eigenvalue weighted by atomic mass is 10.3. The minimum Gasteiger partial charge on any atom is -0.303 e. The van der Waals surface area contributed by atoms with Gasteiger partial charge in [0.05, 0.1) is 0 Å². The van der Waals surface area contributed by atoms with E-state index in [4.69, 9.17) is 0 Å². The van der Waals surface area contributed by atoms with Gasteiger partial charge in [-0.1, -0.05) is 15.9 Å². The van der Waals surface area contributed by atoms with Crippen LogP contribution in [-0.2, 0) is 0 Å². The summed E-state index contributed by atoms with van der Waals surface area (Å²) in [6.07, 6.45) is 4.26. The number of fused-ring (bicyclic) bond motifs is 1. The molecule has 2 rings (SSSR count). The Balaban J connectivity index is 1.57. The molecule has 11 heavy (non-hydrogen) atoms. The zero-order valence-electron chi connectivity index (χ0n) is 6.93. The van der Waals surface area contributed by atoms with Crippen molar-refractivity contribution in [2.24, 2.45) is 11.8 Å². The van der Waals surface area contributed by atoms with E-state index in [9.17, 15) is 0 Å². The third-order valence-corrected chi connectivity index (χ3v) is 3.47. The minimum atomic E-state index is 1.11. The van der Waals surface area contributed by atoms with E-state index in [1.165, 1.54) is 44.2 Å². The molecule has 0 amide bonds. The van der Waals surface area contributed by atoms with Gasteiger partial charge < -0.3 is 4.90 Å². The molecule has 1 saturated carbocycles. The number of alkyl halides is 1. The van der Waals surface area contributed by atoms with Crippen molar-refractivity contribution in [1.29, 1.82) is 0 Å². The summed E-state index contributed by atoms with van der Waals surface area (Å²) in [7, 11) is 0. The average molecular weight is 218 g/mol. The van der Waals surface area contributed by atoms with Crippen molar-refractivity contribution >= 4 is 15.9 Å². The van der Waals surface area contributed by atoms with E-state index in [1.54, 1.807) is 0 Å². The Kier molecular flexibility index (Phi) is 2.52. The first kappa shape index (κ1) is 8.06. The third kappa shape index (κ3) is 1.97. The number of piperidine rings is 1. The van der Waals surface area contributed by atoms with Gasteiger partial charge in [-0.2, -0.15) is 0 Å². The monoisotopic (exact) mass is 217 g/mol. The van der Waals surface area contributed by atoms with Gasteiger partial charge in [0.1, 0.15) is 0 Å². The van der Waals surface area contributed by atoms with Gasteiger partial charge in [-0.15, -0.1) is 0 Å². The van der Waals surface area contributed by atoms with Gasteiger partial charge in [-0.25, -0.2) is 0 Å². The summed E-state index contributed by atoms with van der Waals surface area (Å²) in [4.78, 5) is 2.64. The van der Waals surface area contributed by atoms with Crippen LogP contribution in [0.25, 0.3) is 0 Å². The first-order valence-corrected chi connectivity index (χ1v) is 5.80. The van der Waals surface area contributed by atoms with Crippen LogP contribution >= 0.6 is 15.9 Å². The maximum atomic E-state index is 3.46. The first-order valence-electron chi connectivity index (χ1n) is 4.68. The smallest absolute Gasteiger partial charge is 0.00317 e. The molecule has 1 aliphatic heterocycles. The molecule has 2 atom stereocenters. The fourth-order valence-corrected chi connectivity index (χ4v) is 2.50. The van der Waals surface area contributed by atoms with Crippen LogP contribution in [0.15, 0.2) is 0 Å². The Morgan fingerprint density at radius 2 is 1.91 bits per heavy atom. The number of likely N-dealkylation sites (tertiary alicyclic amines) is 1. The van der Waals surface area contributed by atoms with E-state index in [0.717, 1.165) is 11.8 Å². The van der Waals surface area contributed by atoms with Crippen LogP contribution in [0.2, 0.25) is 0 Å². The maximum Gasteiger partial charge on any atom is 0.00317 e. The molecule has 2 unspecified atom stereocenters. The molecule has 0 aromatic heterocycles. The Morgan fingerprint density at radius 3 is 2.55 bits per heavy atom. The Hall–Kier alpha value is 0.440. The lowest BCUT2D eigenvalue weighted by Crippen LogP contribution is -2.23. The molecule has 1 heterocycles. The second-order valence-electron chi connectivity index (χ2n) is 3.91. The largest absolute Gasteiger partial charge is 0.303 e. The highest BCUT2D eigenvalue weighted by Gasteiger charge is 2.44. The lowest BCUT2D eigenvalue weighted by molar-refractivity contribution is 0.300. The number of hydrogen-bond acceptors (Lipinski definition) is 1. The van der Waals surface area contributed by atoms with Gasteiger partial charge in [-0.3, -0.25) is 0 Å². The van der Waals surface area contributed by atoms with Crippen LogP contribution in [0.5, 0.6) is 0 Å². The zero-order valence-corrected chi connectivity index (χ0v) is 8.52. The SMILES string of the molecule is BrCCCCN1CC2CC2C1. The van der Waals surface area contributed by atoms with Crippen molar-refractivity contribution in [3.8, 4) is 0 Å². The normalized spacial score (nSPS) is 35.7. The summed E-state index contributed by atoms with van der Waals surface area (Å²) in [6.45, 7) is 4.17. The van der Waals surface area contributed by atoms with Crippen LogP contribution in [0.1, 0.15) is 19.3 Å². The van der Waals surface area contributed by atoms with E-state index in [0.29, 0.717) is 0 Å². The van der Waals surface area contributed by atoms with Crippen LogP contribution in [-0.4, -0.2) is 29.9 Å². The molecule has 1 aliphatic carbocycles. The number of hydrogen-bond donors (Lipinski definition) is 0. The van der Waals surface area contributed by atoms with Crippen molar-refractivity contribution in [1.82, 2.24) is 4.90 Å². The van der Waals surface area contributed by atoms with E-state index in [-0.39, 0.29) is 0 Å². The van der Waals surface area contributed by atoms with Crippen LogP contribution in [0, 0.1) is 11.8 Å². The summed E-state index contributed by atoms with van der Waals surface area (Å²) in [5.41, 5.74) is 0. The Bertz CT molecular complexity index is 128. The topological polar surface area (TPSA) is 3.24 Å². The highest BCUT2D eigenvalue weighted by atomic mass is 79.9. The maximum absolute atomic E-state index is 3.46. The summed E-state index contributed by atoms with van der Waals surface area (Å²) < 4.78 is 0.